The van der Waals surface area contributed by atoms with Crippen LogP contribution in [0.3, 0.4) is 0 Å². The van der Waals surface area contributed by atoms with Crippen molar-refractivity contribution in [2.75, 3.05) is 7.05 Å². The Morgan fingerprint density at radius 1 is 1.05 bits per heavy atom. The first kappa shape index (κ1) is 14.7. The molecule has 2 nitrogen and oxygen atoms in total. The van der Waals surface area contributed by atoms with E-state index in [2.05, 4.69) is 29.4 Å². The van der Waals surface area contributed by atoms with E-state index in [0.717, 1.165) is 30.5 Å². The highest BCUT2D eigenvalue weighted by Crippen LogP contribution is 2.10. The number of rotatable bonds is 6. The predicted molar refractivity (Wildman–Crippen MR) is 80.3 cm³/mol. The fourth-order valence-corrected chi connectivity index (χ4v) is 2.22. The highest BCUT2D eigenvalue weighted by molar-refractivity contribution is 5.19. The van der Waals surface area contributed by atoms with Crippen LogP contribution in [0.5, 0.6) is 0 Å². The van der Waals surface area contributed by atoms with Gasteiger partial charge in [-0.2, -0.15) is 0 Å². The van der Waals surface area contributed by atoms with Crippen molar-refractivity contribution >= 4 is 0 Å². The summed E-state index contributed by atoms with van der Waals surface area (Å²) in [5.74, 6) is -0.188. The first-order valence-corrected chi connectivity index (χ1v) is 7.06. The number of halogens is 1. The minimum absolute atomic E-state index is 0.188. The number of pyridine rings is 1. The third-order valence-electron chi connectivity index (χ3n) is 3.55. The first-order chi connectivity index (χ1) is 9.71. The van der Waals surface area contributed by atoms with E-state index in [9.17, 15) is 4.39 Å². The molecule has 0 aliphatic heterocycles. The van der Waals surface area contributed by atoms with Gasteiger partial charge in [0.15, 0.2) is 0 Å². The third-order valence-corrected chi connectivity index (χ3v) is 3.55. The van der Waals surface area contributed by atoms with Crippen molar-refractivity contribution < 1.29 is 4.39 Å². The zero-order valence-corrected chi connectivity index (χ0v) is 12.1. The Morgan fingerprint density at radius 2 is 1.75 bits per heavy atom. The summed E-state index contributed by atoms with van der Waals surface area (Å²) in [4.78, 5) is 4.49. The highest BCUT2D eigenvalue weighted by Gasteiger charge is 2.09. The zero-order chi connectivity index (χ0) is 14.4. The Kier molecular flexibility index (Phi) is 5.24. The Labute approximate surface area is 120 Å². The molecule has 0 aliphatic rings. The van der Waals surface area contributed by atoms with Gasteiger partial charge < -0.3 is 5.32 Å². The van der Waals surface area contributed by atoms with Gasteiger partial charge in [0.2, 0.25) is 0 Å². The lowest BCUT2D eigenvalue weighted by atomic mass is 10.0. The summed E-state index contributed by atoms with van der Waals surface area (Å²) in [6.07, 6.45) is 4.70. The van der Waals surface area contributed by atoms with E-state index in [1.165, 1.54) is 17.7 Å². The monoisotopic (exact) mass is 272 g/mol. The van der Waals surface area contributed by atoms with Crippen LogP contribution in [0.1, 0.15) is 23.7 Å². The van der Waals surface area contributed by atoms with Crippen LogP contribution >= 0.6 is 0 Å². The van der Waals surface area contributed by atoms with Crippen LogP contribution in [0, 0.1) is 5.82 Å². The molecule has 1 aromatic heterocycles. The number of hydrogen-bond donors (Lipinski definition) is 1. The lowest BCUT2D eigenvalue weighted by Gasteiger charge is -2.16. The molecule has 0 radical (unpaired) electrons. The number of likely N-dealkylation sites (N-methyl/N-ethyl adjacent to an activating group) is 1. The van der Waals surface area contributed by atoms with Crippen LogP contribution in [-0.2, 0) is 19.3 Å². The molecule has 1 aromatic carbocycles. The second kappa shape index (κ2) is 7.15. The van der Waals surface area contributed by atoms with Crippen molar-refractivity contribution in [2.45, 2.75) is 32.2 Å². The number of nitrogens with one attached hydrogen (secondary N) is 1. The molecule has 1 unspecified atom stereocenters. The van der Waals surface area contributed by atoms with Gasteiger partial charge in [-0.3, -0.25) is 4.98 Å². The minimum atomic E-state index is -0.188. The topological polar surface area (TPSA) is 24.9 Å². The van der Waals surface area contributed by atoms with Crippen LogP contribution in [0.25, 0.3) is 0 Å². The second-order valence-electron chi connectivity index (χ2n) is 5.03. The molecule has 0 spiro atoms. The van der Waals surface area contributed by atoms with Gasteiger partial charge in [-0.25, -0.2) is 4.39 Å². The first-order valence-electron chi connectivity index (χ1n) is 7.06. The standard InChI is InChI=1S/C17H21FN2/c1-3-13-6-9-16(20-12-13)11-17(19-2)10-14-4-7-15(18)8-5-14/h4-9,12,17,19H,3,10-11H2,1-2H3. The third kappa shape index (κ3) is 4.14. The van der Waals surface area contributed by atoms with Crippen LogP contribution in [0.15, 0.2) is 42.6 Å². The summed E-state index contributed by atoms with van der Waals surface area (Å²) in [5, 5.41) is 3.31. The maximum Gasteiger partial charge on any atom is 0.123 e. The second-order valence-corrected chi connectivity index (χ2v) is 5.03. The van der Waals surface area contributed by atoms with Gasteiger partial charge in [-0.05, 0) is 49.2 Å². The quantitative estimate of drug-likeness (QED) is 0.873. The average Bonchev–Trinajstić information content (AvgIpc) is 2.49. The van der Waals surface area contributed by atoms with E-state index in [1.54, 1.807) is 0 Å². The van der Waals surface area contributed by atoms with Crippen molar-refractivity contribution in [1.29, 1.82) is 0 Å². The van der Waals surface area contributed by atoms with Crippen molar-refractivity contribution in [3.8, 4) is 0 Å². The van der Waals surface area contributed by atoms with Crippen molar-refractivity contribution in [2.24, 2.45) is 0 Å². The maximum atomic E-state index is 12.9. The average molecular weight is 272 g/mol. The van der Waals surface area contributed by atoms with Gasteiger partial charge in [0.25, 0.3) is 0 Å². The van der Waals surface area contributed by atoms with Crippen LogP contribution in [-0.4, -0.2) is 18.1 Å². The van der Waals surface area contributed by atoms with Crippen molar-refractivity contribution in [3.63, 3.8) is 0 Å². The Balaban J connectivity index is 1.99. The molecule has 1 N–H and O–H groups in total. The molecule has 106 valence electrons. The summed E-state index contributed by atoms with van der Waals surface area (Å²) >= 11 is 0. The smallest absolute Gasteiger partial charge is 0.123 e. The summed E-state index contributed by atoms with van der Waals surface area (Å²) in [5.41, 5.74) is 3.48. The molecule has 1 heterocycles. The highest BCUT2D eigenvalue weighted by atomic mass is 19.1. The minimum Gasteiger partial charge on any atom is -0.316 e. The Bertz CT molecular complexity index is 520. The van der Waals surface area contributed by atoms with Gasteiger partial charge in [0.05, 0.1) is 0 Å². The molecule has 0 fully saturated rings. The van der Waals surface area contributed by atoms with E-state index in [-0.39, 0.29) is 5.82 Å². The van der Waals surface area contributed by atoms with Crippen LogP contribution < -0.4 is 5.32 Å². The fourth-order valence-electron chi connectivity index (χ4n) is 2.22. The Hall–Kier alpha value is -1.74. The number of nitrogens with zero attached hydrogens (tertiary/aromatic N) is 1. The summed E-state index contributed by atoms with van der Waals surface area (Å²) in [6.45, 7) is 2.13. The van der Waals surface area contributed by atoms with E-state index in [4.69, 9.17) is 0 Å². The molecular weight excluding hydrogens is 251 g/mol. The molecule has 2 aromatic rings. The molecule has 0 bridgehead atoms. The summed E-state index contributed by atoms with van der Waals surface area (Å²) < 4.78 is 12.9. The number of hydrogen-bond acceptors (Lipinski definition) is 2. The van der Waals surface area contributed by atoms with Crippen LogP contribution in [0.2, 0.25) is 0 Å². The van der Waals surface area contributed by atoms with Gasteiger partial charge in [0, 0.05) is 24.4 Å². The fraction of sp³-hybridized carbons (Fsp3) is 0.353. The van der Waals surface area contributed by atoms with E-state index >= 15 is 0 Å². The summed E-state index contributed by atoms with van der Waals surface area (Å²) in [7, 11) is 1.95. The van der Waals surface area contributed by atoms with Gasteiger partial charge >= 0.3 is 0 Å². The lowest BCUT2D eigenvalue weighted by Crippen LogP contribution is -2.30. The molecule has 1 atom stereocenters. The Morgan fingerprint density at radius 3 is 2.30 bits per heavy atom. The molecule has 0 saturated carbocycles. The molecule has 0 aliphatic carbocycles. The van der Waals surface area contributed by atoms with Crippen LogP contribution in [0.4, 0.5) is 4.39 Å². The van der Waals surface area contributed by atoms with Gasteiger partial charge in [-0.15, -0.1) is 0 Å². The lowest BCUT2D eigenvalue weighted by molar-refractivity contribution is 0.549. The summed E-state index contributed by atoms with van der Waals surface area (Å²) in [6, 6.07) is 11.2. The van der Waals surface area contributed by atoms with E-state index in [1.807, 2.05) is 25.4 Å². The number of benzene rings is 1. The van der Waals surface area contributed by atoms with E-state index in [0.29, 0.717) is 6.04 Å². The maximum absolute atomic E-state index is 12.9. The molecule has 0 amide bonds. The van der Waals surface area contributed by atoms with Crippen molar-refractivity contribution in [1.82, 2.24) is 10.3 Å². The number of aryl methyl sites for hydroxylation is 1. The van der Waals surface area contributed by atoms with E-state index < -0.39 is 0 Å². The predicted octanol–water partition coefficient (Wildman–Crippen LogP) is 3.16. The molecule has 0 saturated heterocycles. The number of aromatic nitrogens is 1. The van der Waals surface area contributed by atoms with Crippen molar-refractivity contribution in [3.05, 3.63) is 65.2 Å². The van der Waals surface area contributed by atoms with Gasteiger partial charge in [-0.1, -0.05) is 25.1 Å². The molecule has 2 rings (SSSR count). The van der Waals surface area contributed by atoms with Gasteiger partial charge in [0.1, 0.15) is 5.82 Å². The largest absolute Gasteiger partial charge is 0.316 e. The normalized spacial score (nSPS) is 12.3. The SMILES string of the molecule is CCc1ccc(CC(Cc2ccc(F)cc2)NC)nc1. The zero-order valence-electron chi connectivity index (χ0n) is 12.1. The molecule has 3 heteroatoms. The molecular formula is C17H21FN2. The molecule has 20 heavy (non-hydrogen) atoms.